The van der Waals surface area contributed by atoms with Gasteiger partial charge in [0.1, 0.15) is 11.9 Å². The first-order chi connectivity index (χ1) is 6.70. The summed E-state index contributed by atoms with van der Waals surface area (Å²) in [4.78, 5) is 0. The molecule has 1 saturated heterocycles. The van der Waals surface area contributed by atoms with Crippen LogP contribution < -0.4 is 5.32 Å². The average molecular weight is 196 g/mol. The molecule has 0 saturated carbocycles. The lowest BCUT2D eigenvalue weighted by molar-refractivity contribution is 0.180. The van der Waals surface area contributed by atoms with Crippen molar-refractivity contribution in [1.29, 1.82) is 0 Å². The SMILES string of the molecule is Cc1nnc(C(C)O)n1C1CCNC1. The summed E-state index contributed by atoms with van der Waals surface area (Å²) in [6.45, 7) is 5.62. The number of hydrogen-bond acceptors (Lipinski definition) is 4. The summed E-state index contributed by atoms with van der Waals surface area (Å²) < 4.78 is 2.05. The maximum Gasteiger partial charge on any atom is 0.161 e. The van der Waals surface area contributed by atoms with E-state index in [0.717, 1.165) is 25.3 Å². The van der Waals surface area contributed by atoms with Gasteiger partial charge < -0.3 is 15.0 Å². The monoisotopic (exact) mass is 196 g/mol. The van der Waals surface area contributed by atoms with E-state index in [0.29, 0.717) is 11.9 Å². The van der Waals surface area contributed by atoms with Crippen molar-refractivity contribution >= 4 is 0 Å². The van der Waals surface area contributed by atoms with Gasteiger partial charge in [0.15, 0.2) is 5.82 Å². The summed E-state index contributed by atoms with van der Waals surface area (Å²) in [6, 6.07) is 0.398. The quantitative estimate of drug-likeness (QED) is 0.708. The molecule has 2 heterocycles. The van der Waals surface area contributed by atoms with Crippen LogP contribution in [-0.2, 0) is 0 Å². The van der Waals surface area contributed by atoms with E-state index in [1.807, 2.05) is 11.5 Å². The lowest BCUT2D eigenvalue weighted by Gasteiger charge is -2.16. The summed E-state index contributed by atoms with van der Waals surface area (Å²) in [5.74, 6) is 1.56. The summed E-state index contributed by atoms with van der Waals surface area (Å²) in [7, 11) is 0. The Labute approximate surface area is 83.2 Å². The predicted molar refractivity (Wildman–Crippen MR) is 51.9 cm³/mol. The second-order valence-corrected chi connectivity index (χ2v) is 3.80. The van der Waals surface area contributed by atoms with Crippen LogP contribution in [-0.4, -0.2) is 33.0 Å². The van der Waals surface area contributed by atoms with Crippen LogP contribution in [0, 0.1) is 6.92 Å². The fourth-order valence-corrected chi connectivity index (χ4v) is 1.98. The molecule has 0 amide bonds. The van der Waals surface area contributed by atoms with Crippen molar-refractivity contribution in [2.45, 2.75) is 32.4 Å². The fraction of sp³-hybridized carbons (Fsp3) is 0.778. The molecule has 0 radical (unpaired) electrons. The third kappa shape index (κ3) is 1.53. The molecule has 0 aliphatic carbocycles. The van der Waals surface area contributed by atoms with Gasteiger partial charge in [-0.05, 0) is 26.8 Å². The Kier molecular flexibility index (Phi) is 2.52. The van der Waals surface area contributed by atoms with Gasteiger partial charge in [-0.15, -0.1) is 10.2 Å². The number of aryl methyl sites for hydroxylation is 1. The van der Waals surface area contributed by atoms with E-state index in [-0.39, 0.29) is 0 Å². The standard InChI is InChI=1S/C9H16N4O/c1-6(14)9-12-11-7(2)13(9)8-3-4-10-5-8/h6,8,10,14H,3-5H2,1-2H3. The first-order valence-electron chi connectivity index (χ1n) is 5.00. The highest BCUT2D eigenvalue weighted by atomic mass is 16.3. The minimum Gasteiger partial charge on any atom is -0.385 e. The Morgan fingerprint density at radius 2 is 2.36 bits per heavy atom. The van der Waals surface area contributed by atoms with Gasteiger partial charge in [0.2, 0.25) is 0 Å². The average Bonchev–Trinajstić information content (AvgIpc) is 2.71. The summed E-state index contributed by atoms with van der Waals surface area (Å²) in [5.41, 5.74) is 0. The molecule has 5 nitrogen and oxygen atoms in total. The summed E-state index contributed by atoms with van der Waals surface area (Å²) >= 11 is 0. The van der Waals surface area contributed by atoms with Crippen LogP contribution in [0.15, 0.2) is 0 Å². The van der Waals surface area contributed by atoms with Crippen molar-refractivity contribution in [3.8, 4) is 0 Å². The lowest BCUT2D eigenvalue weighted by Crippen LogP contribution is -2.18. The molecule has 1 fully saturated rings. The summed E-state index contributed by atoms with van der Waals surface area (Å²) in [5, 5.41) is 20.8. The molecule has 78 valence electrons. The van der Waals surface area contributed by atoms with Crippen molar-refractivity contribution in [2.75, 3.05) is 13.1 Å². The van der Waals surface area contributed by atoms with E-state index in [1.54, 1.807) is 6.92 Å². The number of rotatable bonds is 2. The molecule has 1 aliphatic rings. The van der Waals surface area contributed by atoms with E-state index >= 15 is 0 Å². The van der Waals surface area contributed by atoms with Crippen LogP contribution in [0.25, 0.3) is 0 Å². The molecule has 2 atom stereocenters. The zero-order valence-electron chi connectivity index (χ0n) is 8.56. The van der Waals surface area contributed by atoms with Crippen molar-refractivity contribution < 1.29 is 5.11 Å². The van der Waals surface area contributed by atoms with Gasteiger partial charge in [0.25, 0.3) is 0 Å². The van der Waals surface area contributed by atoms with E-state index in [9.17, 15) is 5.11 Å². The predicted octanol–water partition coefficient (Wildman–Crippen LogP) is 0.174. The van der Waals surface area contributed by atoms with E-state index < -0.39 is 6.10 Å². The molecule has 0 spiro atoms. The largest absolute Gasteiger partial charge is 0.385 e. The van der Waals surface area contributed by atoms with Gasteiger partial charge in [0.05, 0.1) is 6.04 Å². The molecule has 14 heavy (non-hydrogen) atoms. The van der Waals surface area contributed by atoms with Gasteiger partial charge in [-0.2, -0.15) is 0 Å². The molecule has 2 rings (SSSR count). The van der Waals surface area contributed by atoms with Crippen molar-refractivity contribution in [3.63, 3.8) is 0 Å². The van der Waals surface area contributed by atoms with Crippen LogP contribution >= 0.6 is 0 Å². The van der Waals surface area contributed by atoms with E-state index in [4.69, 9.17) is 0 Å². The number of aliphatic hydroxyl groups excluding tert-OH is 1. The molecule has 1 aromatic rings. The van der Waals surface area contributed by atoms with Crippen LogP contribution in [0.3, 0.4) is 0 Å². The number of aromatic nitrogens is 3. The Bertz CT molecular complexity index is 315. The van der Waals surface area contributed by atoms with Gasteiger partial charge in [0, 0.05) is 6.54 Å². The maximum atomic E-state index is 9.53. The van der Waals surface area contributed by atoms with Gasteiger partial charge in [-0.25, -0.2) is 0 Å². The molecular weight excluding hydrogens is 180 g/mol. The van der Waals surface area contributed by atoms with Crippen LogP contribution in [0.5, 0.6) is 0 Å². The minimum absolute atomic E-state index is 0.398. The highest BCUT2D eigenvalue weighted by molar-refractivity contribution is 5.01. The van der Waals surface area contributed by atoms with Gasteiger partial charge in [-0.3, -0.25) is 0 Å². The molecule has 1 aliphatic heterocycles. The smallest absolute Gasteiger partial charge is 0.161 e. The van der Waals surface area contributed by atoms with Crippen LogP contribution in [0.1, 0.15) is 37.1 Å². The first kappa shape index (κ1) is 9.61. The summed E-state index contributed by atoms with van der Waals surface area (Å²) in [6.07, 6.45) is 0.537. The Morgan fingerprint density at radius 1 is 1.57 bits per heavy atom. The zero-order valence-corrected chi connectivity index (χ0v) is 8.56. The number of nitrogens with zero attached hydrogens (tertiary/aromatic N) is 3. The van der Waals surface area contributed by atoms with Crippen molar-refractivity contribution in [3.05, 3.63) is 11.6 Å². The lowest BCUT2D eigenvalue weighted by atomic mass is 10.2. The zero-order chi connectivity index (χ0) is 10.1. The molecule has 0 bridgehead atoms. The highest BCUT2D eigenvalue weighted by Gasteiger charge is 2.23. The van der Waals surface area contributed by atoms with E-state index in [2.05, 4.69) is 15.5 Å². The topological polar surface area (TPSA) is 63.0 Å². The second-order valence-electron chi connectivity index (χ2n) is 3.80. The Morgan fingerprint density at radius 3 is 2.93 bits per heavy atom. The van der Waals surface area contributed by atoms with Gasteiger partial charge >= 0.3 is 0 Å². The Balaban J connectivity index is 2.33. The molecule has 0 aromatic carbocycles. The molecule has 2 N–H and O–H groups in total. The Hall–Kier alpha value is -0.940. The normalized spacial score (nSPS) is 24.1. The van der Waals surface area contributed by atoms with Gasteiger partial charge in [-0.1, -0.05) is 0 Å². The van der Waals surface area contributed by atoms with Crippen molar-refractivity contribution in [2.24, 2.45) is 0 Å². The van der Waals surface area contributed by atoms with Crippen LogP contribution in [0.4, 0.5) is 0 Å². The first-order valence-corrected chi connectivity index (χ1v) is 5.00. The second kappa shape index (κ2) is 3.67. The van der Waals surface area contributed by atoms with Crippen LogP contribution in [0.2, 0.25) is 0 Å². The number of aliphatic hydroxyl groups is 1. The highest BCUT2D eigenvalue weighted by Crippen LogP contribution is 2.21. The third-order valence-electron chi connectivity index (χ3n) is 2.67. The maximum absolute atomic E-state index is 9.53. The number of hydrogen-bond donors (Lipinski definition) is 2. The molecule has 2 unspecified atom stereocenters. The number of nitrogens with one attached hydrogen (secondary N) is 1. The van der Waals surface area contributed by atoms with E-state index in [1.165, 1.54) is 0 Å². The minimum atomic E-state index is -0.545. The fourth-order valence-electron chi connectivity index (χ4n) is 1.98. The molecule has 5 heteroatoms. The van der Waals surface area contributed by atoms with Crippen molar-refractivity contribution in [1.82, 2.24) is 20.1 Å². The molecular formula is C9H16N4O. The third-order valence-corrected chi connectivity index (χ3v) is 2.67. The molecule has 1 aromatic heterocycles.